The number of fused-ring (bicyclic) bond motifs is 4. The number of aromatic nitrogens is 4. The maximum Gasteiger partial charge on any atom is 4.00 e. The molecule has 14 aromatic carbocycles. The smallest absolute Gasteiger partial charge is 0.656 e. The van der Waals surface area contributed by atoms with Gasteiger partial charge in [0, 0.05) is 39.0 Å². The van der Waals surface area contributed by atoms with Gasteiger partial charge < -0.3 is 19.8 Å². The quantitative estimate of drug-likeness (QED) is 0.154. The molecule has 0 saturated carbocycles. The van der Waals surface area contributed by atoms with Crippen molar-refractivity contribution in [2.45, 2.75) is 27.7 Å². The van der Waals surface area contributed by atoms with Crippen LogP contribution in [0.5, 0.6) is 0 Å². The second-order valence-electron chi connectivity index (χ2n) is 26.2. The van der Waals surface area contributed by atoms with Gasteiger partial charge in [-0.25, -0.2) is 4.98 Å². The number of benzene rings is 14. The molecule has 544 valence electrons. The zero-order valence-electron chi connectivity index (χ0n) is 64.0. The van der Waals surface area contributed by atoms with Crippen molar-refractivity contribution in [3.63, 3.8) is 0 Å². The number of para-hydroxylation sites is 8. The van der Waals surface area contributed by atoms with Crippen molar-refractivity contribution < 1.29 is 52.4 Å². The van der Waals surface area contributed by atoms with Crippen LogP contribution in [0.2, 0.25) is 0 Å². The number of aryl methyl sites for hydroxylation is 4. The molecule has 112 heavy (non-hydrogen) atoms. The molecule has 0 fully saturated rings. The Balaban J connectivity index is 0.000000168. The first-order valence-electron chi connectivity index (χ1n) is 36.6. The topological polar surface area (TPSA) is 61.8 Å². The number of rotatable bonds is 8. The third-order valence-corrected chi connectivity index (χ3v) is 17.8. The summed E-state index contributed by atoms with van der Waals surface area (Å²) in [5.74, 6) is 0. The van der Waals surface area contributed by atoms with Gasteiger partial charge in [-0.3, -0.25) is 4.98 Å². The Kier molecular flexibility index (Phi) is 32.2. The summed E-state index contributed by atoms with van der Waals surface area (Å²) in [6.45, 7) is 30.8. The number of hydrogen-bond donors (Lipinski definition) is 1. The summed E-state index contributed by atoms with van der Waals surface area (Å²) in [5.41, 5.74) is 25.4. The number of nitrogens with one attached hydrogen (secondary N) is 1. The molecule has 18 rings (SSSR count). The van der Waals surface area contributed by atoms with E-state index in [-0.39, 0.29) is 52.4 Å². The average molecular weight is 1610 g/mol. The Labute approximate surface area is 701 Å². The van der Waals surface area contributed by atoms with E-state index in [0.29, 0.717) is 0 Å². The first kappa shape index (κ1) is 83.6. The number of nitrogens with zero attached hydrogens (tertiary/aromatic N) is 5. The van der Waals surface area contributed by atoms with E-state index in [1.54, 1.807) is 0 Å². The number of pyridine rings is 2. The van der Waals surface area contributed by atoms with Crippen molar-refractivity contribution in [2.24, 2.45) is 0 Å². The molecule has 0 radical (unpaired) electrons. The second kappa shape index (κ2) is 43.1. The van der Waals surface area contributed by atoms with E-state index in [4.69, 9.17) is 15.3 Å². The molecule has 18 aromatic rings. The van der Waals surface area contributed by atoms with E-state index in [2.05, 4.69) is 278 Å². The van der Waals surface area contributed by atoms with Gasteiger partial charge in [-0.15, -0.1) is 108 Å². The average Bonchev–Trinajstić information content (AvgIpc) is 1.58. The SMILES string of the molecule is Cc1cccc(C)c1Nc1cccc2ccc(-c3cc4ccccc4n3-c3ccccc3)nc12.Cc1cccc(C)c1[N-]c1cccc2ccc(-c3[c-]c4ccccc4n3-c3ccccc3)nc12.[CH2-]c1ccccc1.[CH2-]c1ccccc1.[CH2-]c1ccccc1.[CH2-]c1ccccc1.[CH2-]c1ccccc1.[CH2-]c1ccccc1.[Zr+4].[Zr+4]. The van der Waals surface area contributed by atoms with Crippen LogP contribution in [-0.4, -0.2) is 19.1 Å². The van der Waals surface area contributed by atoms with Crippen LogP contribution in [0.1, 0.15) is 55.6 Å². The molecular weight excluding hydrogens is 1520 g/mol. The van der Waals surface area contributed by atoms with E-state index in [0.717, 1.165) is 134 Å². The van der Waals surface area contributed by atoms with Crippen LogP contribution in [0, 0.1) is 75.3 Å². The van der Waals surface area contributed by atoms with Gasteiger partial charge in [0.15, 0.2) is 0 Å². The van der Waals surface area contributed by atoms with Crippen molar-refractivity contribution in [2.75, 3.05) is 5.32 Å². The van der Waals surface area contributed by atoms with Gasteiger partial charge in [0.2, 0.25) is 0 Å². The zero-order chi connectivity index (χ0) is 76.8. The Bertz CT molecular complexity index is 5240. The molecular formula is C104H90N6Zr2. The van der Waals surface area contributed by atoms with Gasteiger partial charge >= 0.3 is 52.4 Å². The minimum atomic E-state index is 0. The second-order valence-corrected chi connectivity index (χ2v) is 26.2. The minimum absolute atomic E-state index is 0. The summed E-state index contributed by atoms with van der Waals surface area (Å²) < 4.78 is 4.53. The molecule has 0 aliphatic carbocycles. The fraction of sp³-hybridized carbons (Fsp3) is 0.0385. The molecule has 0 amide bonds. The Morgan fingerprint density at radius 2 is 0.652 bits per heavy atom. The van der Waals surface area contributed by atoms with Gasteiger partial charge in [0.05, 0.1) is 28.1 Å². The van der Waals surface area contributed by atoms with Gasteiger partial charge in [-0.1, -0.05) is 199 Å². The minimum Gasteiger partial charge on any atom is -0.656 e. The molecule has 6 nitrogen and oxygen atoms in total. The van der Waals surface area contributed by atoms with Crippen LogP contribution < -0.4 is 5.32 Å². The monoisotopic (exact) mass is 1600 g/mol. The van der Waals surface area contributed by atoms with Crippen molar-refractivity contribution >= 4 is 66.4 Å². The van der Waals surface area contributed by atoms with Crippen LogP contribution in [0.15, 0.2) is 394 Å². The van der Waals surface area contributed by atoms with E-state index in [1.165, 1.54) is 22.0 Å². The molecule has 4 aromatic heterocycles. The summed E-state index contributed by atoms with van der Waals surface area (Å²) in [4.78, 5) is 10.3. The summed E-state index contributed by atoms with van der Waals surface area (Å²) >= 11 is 0. The Morgan fingerprint density at radius 1 is 0.304 bits per heavy atom. The van der Waals surface area contributed by atoms with E-state index >= 15 is 0 Å². The molecule has 1 N–H and O–H groups in total. The first-order chi connectivity index (χ1) is 53.7. The summed E-state index contributed by atoms with van der Waals surface area (Å²) in [7, 11) is 0. The molecule has 0 aliphatic heterocycles. The molecule has 8 heteroatoms. The molecule has 0 atom stereocenters. The van der Waals surface area contributed by atoms with Crippen LogP contribution in [0.25, 0.3) is 83.1 Å². The standard InChI is InChI=1S/C31H25N3.C31H23N3.6C7H7.2Zr/c2*1-21-10-8-11-22(2)30(21)33-27-16-9-13-23-18-19-26(32-31(23)27)29-20-24-12-6-7-17-28(24)34(29)25-14-4-3-5-15-25;6*1-7-5-3-2-4-6-7;;/h3-20,33H,1-2H3;3-19H,1-2H3;6*2-6H,1H2;;/q;-2;6*-1;2*+4. The predicted molar refractivity (Wildman–Crippen MR) is 470 cm³/mol. The molecule has 4 heterocycles. The van der Waals surface area contributed by atoms with Crippen molar-refractivity contribution in [1.82, 2.24) is 19.1 Å². The van der Waals surface area contributed by atoms with Crippen molar-refractivity contribution in [3.05, 3.63) is 503 Å². The normalized spacial score (nSPS) is 10.0. The summed E-state index contributed by atoms with van der Waals surface area (Å²) in [6.07, 6.45) is 0. The predicted octanol–water partition coefficient (Wildman–Crippen LogP) is 28.0. The number of hydrogen-bond acceptors (Lipinski definition) is 3. The van der Waals surface area contributed by atoms with E-state index in [1.807, 2.05) is 206 Å². The third-order valence-electron chi connectivity index (χ3n) is 17.8. The van der Waals surface area contributed by atoms with E-state index in [9.17, 15) is 0 Å². The molecule has 0 spiro atoms. The zero-order valence-corrected chi connectivity index (χ0v) is 68.9. The summed E-state index contributed by atoms with van der Waals surface area (Å²) in [6, 6.07) is 136. The molecule has 0 unspecified atom stereocenters. The molecule has 0 aliphatic rings. The van der Waals surface area contributed by atoms with Crippen molar-refractivity contribution in [1.29, 1.82) is 0 Å². The summed E-state index contributed by atoms with van der Waals surface area (Å²) in [5, 5.41) is 13.2. The fourth-order valence-electron chi connectivity index (χ4n) is 12.2. The molecule has 0 saturated heterocycles. The first-order valence-corrected chi connectivity index (χ1v) is 36.6. The largest absolute Gasteiger partial charge is 4.00 e. The van der Waals surface area contributed by atoms with Gasteiger partial charge in [0.25, 0.3) is 0 Å². The maximum absolute atomic E-state index is 5.20. The van der Waals surface area contributed by atoms with Crippen LogP contribution in [0.4, 0.5) is 22.7 Å². The fourth-order valence-corrected chi connectivity index (χ4v) is 12.2. The number of anilines is 2. The Morgan fingerprint density at radius 3 is 1.10 bits per heavy atom. The Hall–Kier alpha value is -12.4. The maximum atomic E-state index is 5.20. The van der Waals surface area contributed by atoms with Crippen LogP contribution in [-0.2, 0) is 52.4 Å². The van der Waals surface area contributed by atoms with Crippen molar-refractivity contribution in [3.8, 4) is 34.2 Å². The molecule has 0 bridgehead atoms. The van der Waals surface area contributed by atoms with Gasteiger partial charge in [-0.2, -0.15) is 148 Å². The van der Waals surface area contributed by atoms with Gasteiger partial charge in [0.1, 0.15) is 0 Å². The third kappa shape index (κ3) is 23.8. The van der Waals surface area contributed by atoms with Gasteiger partial charge in [-0.05, 0) is 104 Å². The van der Waals surface area contributed by atoms with Crippen LogP contribution in [0.3, 0.4) is 0 Å². The van der Waals surface area contributed by atoms with E-state index < -0.39 is 0 Å². The van der Waals surface area contributed by atoms with Crippen LogP contribution >= 0.6 is 0 Å².